The Bertz CT molecular complexity index is 836. The zero-order valence-electron chi connectivity index (χ0n) is 15.4. The SMILES string of the molecule is CN(C(=O)C1CC1)c1ccccc1C(=O)N1CCC(Oc2ccccn2)C1. The Kier molecular flexibility index (Phi) is 4.79. The first-order valence-electron chi connectivity index (χ1n) is 9.37. The van der Waals surface area contributed by atoms with Crippen molar-refractivity contribution >= 4 is 17.5 Å². The number of carbonyl (C=O) groups excluding carboxylic acids is 2. The average molecular weight is 365 g/mol. The molecule has 1 unspecified atom stereocenters. The molecule has 2 fully saturated rings. The van der Waals surface area contributed by atoms with Crippen molar-refractivity contribution in [1.29, 1.82) is 0 Å². The molecule has 2 amide bonds. The number of carbonyl (C=O) groups is 2. The second-order valence-corrected chi connectivity index (χ2v) is 7.14. The van der Waals surface area contributed by atoms with Crippen LogP contribution in [-0.4, -0.2) is 47.9 Å². The summed E-state index contributed by atoms with van der Waals surface area (Å²) in [4.78, 5) is 33.1. The van der Waals surface area contributed by atoms with Gasteiger partial charge in [-0.3, -0.25) is 9.59 Å². The molecule has 0 N–H and O–H groups in total. The van der Waals surface area contributed by atoms with E-state index in [1.54, 1.807) is 29.1 Å². The van der Waals surface area contributed by atoms with E-state index >= 15 is 0 Å². The minimum absolute atomic E-state index is 0.0619. The van der Waals surface area contributed by atoms with Gasteiger partial charge in [0, 0.05) is 38.2 Å². The van der Waals surface area contributed by atoms with E-state index in [0.29, 0.717) is 30.2 Å². The summed E-state index contributed by atoms with van der Waals surface area (Å²) in [6.07, 6.45) is 4.27. The zero-order chi connectivity index (χ0) is 18.8. The fourth-order valence-corrected chi connectivity index (χ4v) is 3.44. The van der Waals surface area contributed by atoms with Gasteiger partial charge in [0.2, 0.25) is 11.8 Å². The quantitative estimate of drug-likeness (QED) is 0.817. The van der Waals surface area contributed by atoms with Crippen LogP contribution in [0.2, 0.25) is 0 Å². The number of aromatic nitrogens is 1. The number of pyridine rings is 1. The van der Waals surface area contributed by atoms with E-state index < -0.39 is 0 Å². The summed E-state index contributed by atoms with van der Waals surface area (Å²) >= 11 is 0. The highest BCUT2D eigenvalue weighted by Gasteiger charge is 2.35. The maximum absolute atomic E-state index is 13.1. The van der Waals surface area contributed by atoms with Gasteiger partial charge in [-0.1, -0.05) is 18.2 Å². The minimum Gasteiger partial charge on any atom is -0.472 e. The van der Waals surface area contributed by atoms with Gasteiger partial charge in [0.25, 0.3) is 5.91 Å². The van der Waals surface area contributed by atoms with Crippen molar-refractivity contribution in [3.8, 4) is 5.88 Å². The summed E-state index contributed by atoms with van der Waals surface area (Å²) in [5, 5.41) is 0. The van der Waals surface area contributed by atoms with Crippen LogP contribution in [0.3, 0.4) is 0 Å². The topological polar surface area (TPSA) is 62.7 Å². The van der Waals surface area contributed by atoms with Crippen LogP contribution in [0.5, 0.6) is 5.88 Å². The lowest BCUT2D eigenvalue weighted by Gasteiger charge is -2.23. The van der Waals surface area contributed by atoms with Crippen molar-refractivity contribution in [2.24, 2.45) is 5.92 Å². The molecule has 1 atom stereocenters. The van der Waals surface area contributed by atoms with Gasteiger partial charge < -0.3 is 14.5 Å². The highest BCUT2D eigenvalue weighted by molar-refractivity contribution is 6.05. The van der Waals surface area contributed by atoms with Crippen LogP contribution in [0.4, 0.5) is 5.69 Å². The van der Waals surface area contributed by atoms with E-state index in [1.807, 2.05) is 36.4 Å². The third kappa shape index (κ3) is 3.79. The molecule has 1 saturated carbocycles. The van der Waals surface area contributed by atoms with Crippen LogP contribution in [0.1, 0.15) is 29.6 Å². The number of anilines is 1. The zero-order valence-corrected chi connectivity index (χ0v) is 15.4. The predicted molar refractivity (Wildman–Crippen MR) is 102 cm³/mol. The second kappa shape index (κ2) is 7.39. The molecule has 0 bridgehead atoms. The normalized spacial score (nSPS) is 19.0. The number of rotatable bonds is 5. The van der Waals surface area contributed by atoms with Gasteiger partial charge in [-0.05, 0) is 31.0 Å². The molecule has 2 aromatic rings. The molecule has 2 aliphatic rings. The number of hydrogen-bond acceptors (Lipinski definition) is 4. The number of benzene rings is 1. The van der Waals surface area contributed by atoms with Crippen molar-refractivity contribution < 1.29 is 14.3 Å². The summed E-state index contributed by atoms with van der Waals surface area (Å²) < 4.78 is 5.88. The maximum atomic E-state index is 13.1. The van der Waals surface area contributed by atoms with Crippen molar-refractivity contribution in [2.75, 3.05) is 25.0 Å². The second-order valence-electron chi connectivity index (χ2n) is 7.14. The first-order valence-corrected chi connectivity index (χ1v) is 9.37. The Balaban J connectivity index is 1.46. The number of hydrogen-bond donors (Lipinski definition) is 0. The molecule has 140 valence electrons. The summed E-state index contributed by atoms with van der Waals surface area (Å²) in [5.74, 6) is 0.717. The van der Waals surface area contributed by atoms with E-state index in [2.05, 4.69) is 4.98 Å². The largest absolute Gasteiger partial charge is 0.472 e. The highest BCUT2D eigenvalue weighted by atomic mass is 16.5. The molecule has 1 saturated heterocycles. The van der Waals surface area contributed by atoms with Crippen molar-refractivity contribution in [1.82, 2.24) is 9.88 Å². The van der Waals surface area contributed by atoms with Crippen LogP contribution in [0.15, 0.2) is 48.7 Å². The van der Waals surface area contributed by atoms with Crippen LogP contribution >= 0.6 is 0 Å². The maximum Gasteiger partial charge on any atom is 0.256 e. The first kappa shape index (κ1) is 17.5. The van der Waals surface area contributed by atoms with E-state index in [1.165, 1.54) is 0 Å². The number of amides is 2. The molecule has 6 nitrogen and oxygen atoms in total. The number of ether oxygens (including phenoxy) is 1. The smallest absolute Gasteiger partial charge is 0.256 e. The number of nitrogens with zero attached hydrogens (tertiary/aromatic N) is 3. The van der Waals surface area contributed by atoms with E-state index in [0.717, 1.165) is 19.3 Å². The molecular weight excluding hydrogens is 342 g/mol. The van der Waals surface area contributed by atoms with Crippen LogP contribution < -0.4 is 9.64 Å². The minimum atomic E-state index is -0.0677. The molecule has 2 heterocycles. The first-order chi connectivity index (χ1) is 13.1. The summed E-state index contributed by atoms with van der Waals surface area (Å²) in [6.45, 7) is 1.15. The monoisotopic (exact) mass is 365 g/mol. The van der Waals surface area contributed by atoms with Crippen molar-refractivity contribution in [3.05, 3.63) is 54.2 Å². The third-order valence-electron chi connectivity index (χ3n) is 5.11. The molecule has 0 spiro atoms. The van der Waals surface area contributed by atoms with Gasteiger partial charge in [-0.2, -0.15) is 0 Å². The van der Waals surface area contributed by atoms with Gasteiger partial charge in [0.15, 0.2) is 0 Å². The highest BCUT2D eigenvalue weighted by Crippen LogP contribution is 2.33. The fraction of sp³-hybridized carbons (Fsp3) is 0.381. The average Bonchev–Trinajstić information content (AvgIpc) is 3.46. The van der Waals surface area contributed by atoms with E-state index in [-0.39, 0.29) is 23.8 Å². The Hall–Kier alpha value is -2.89. The predicted octanol–water partition coefficient (Wildman–Crippen LogP) is 2.75. The fourth-order valence-electron chi connectivity index (χ4n) is 3.44. The van der Waals surface area contributed by atoms with E-state index in [9.17, 15) is 9.59 Å². The van der Waals surface area contributed by atoms with Gasteiger partial charge >= 0.3 is 0 Å². The third-order valence-corrected chi connectivity index (χ3v) is 5.11. The lowest BCUT2D eigenvalue weighted by Crippen LogP contribution is -2.34. The van der Waals surface area contributed by atoms with Crippen LogP contribution in [0, 0.1) is 5.92 Å². The molecule has 27 heavy (non-hydrogen) atoms. The molecule has 4 rings (SSSR count). The molecule has 1 aromatic heterocycles. The standard InChI is InChI=1S/C21H23N3O3/c1-23(20(25)15-9-10-15)18-7-3-2-6-17(18)21(26)24-13-11-16(14-24)27-19-8-4-5-12-22-19/h2-8,12,15-16H,9-11,13-14H2,1H3. The van der Waals surface area contributed by atoms with Gasteiger partial charge in [0.1, 0.15) is 6.10 Å². The van der Waals surface area contributed by atoms with Gasteiger partial charge in [0.05, 0.1) is 17.8 Å². The molecular formula is C21H23N3O3. The van der Waals surface area contributed by atoms with Gasteiger partial charge in [-0.15, -0.1) is 0 Å². The summed E-state index contributed by atoms with van der Waals surface area (Å²) in [5.41, 5.74) is 1.24. The van der Waals surface area contributed by atoms with Crippen LogP contribution in [-0.2, 0) is 4.79 Å². The molecule has 1 aliphatic carbocycles. The molecule has 1 aliphatic heterocycles. The lowest BCUT2D eigenvalue weighted by molar-refractivity contribution is -0.119. The van der Waals surface area contributed by atoms with Crippen molar-refractivity contribution in [3.63, 3.8) is 0 Å². The Labute approximate surface area is 158 Å². The van der Waals surface area contributed by atoms with Crippen molar-refractivity contribution in [2.45, 2.75) is 25.4 Å². The number of likely N-dealkylation sites (tertiary alicyclic amines) is 1. The summed E-state index contributed by atoms with van der Waals surface area (Å²) in [6, 6.07) is 12.9. The lowest BCUT2D eigenvalue weighted by atomic mass is 10.1. The van der Waals surface area contributed by atoms with Gasteiger partial charge in [-0.25, -0.2) is 4.98 Å². The Morgan fingerprint density at radius 2 is 1.89 bits per heavy atom. The summed E-state index contributed by atoms with van der Waals surface area (Å²) in [7, 11) is 1.75. The molecule has 0 radical (unpaired) electrons. The molecule has 1 aromatic carbocycles. The Morgan fingerprint density at radius 3 is 2.63 bits per heavy atom. The molecule has 6 heteroatoms. The Morgan fingerprint density at radius 1 is 1.11 bits per heavy atom. The van der Waals surface area contributed by atoms with E-state index in [4.69, 9.17) is 4.74 Å². The van der Waals surface area contributed by atoms with Crippen LogP contribution in [0.25, 0.3) is 0 Å². The number of para-hydroxylation sites is 1.